The number of aromatic carboxylic acids is 2. The molecule has 2 fully saturated rings. The zero-order chi connectivity index (χ0) is 64.5. The number of ketones is 2. The van der Waals surface area contributed by atoms with Crippen molar-refractivity contribution in [3.63, 3.8) is 0 Å². The van der Waals surface area contributed by atoms with Crippen molar-refractivity contribution in [1.29, 1.82) is 0 Å². The Kier molecular flexibility index (Phi) is 32.2. The molecule has 0 aromatic carbocycles. The van der Waals surface area contributed by atoms with Crippen molar-refractivity contribution < 1.29 is 77.1 Å². The van der Waals surface area contributed by atoms with E-state index in [0.717, 1.165) is 74.3 Å². The number of likely N-dealkylation sites (tertiary alicyclic amines) is 2. The standard InChI is InChI=1S/2C31H49N3O8S/c1-8-12-28(37)41-18-34(30(38)22(20(5)9-2)15-26(36)24-13-10-11-14-33(24)7)25(19(3)4)16-27(42-21(6)35)29-32-23(17-43-29)31(39)40;1-8-12-28(37)42-27(29-32-23(17-43-29)31(39)40)16-25(19(3)4)34(18-41-21(6)35)30(38)22(20(5)9-2)15-26(36)24-13-10-11-14-33(24)7/h2*17,19-20,22,24-25,27H,8-16,18H2,1-7H3,(H,39,40)/t2*20-,22-,24?,25+,27+/m00/s1. The molecule has 4 heterocycles. The molecule has 22 nitrogen and oxygen atoms in total. The molecule has 2 unspecified atom stereocenters. The number of likely N-dealkylation sites (N-methyl/N-ethyl adjacent to an activating group) is 2. The normalized spacial score (nSPS) is 18.4. The lowest BCUT2D eigenvalue weighted by molar-refractivity contribution is -0.163. The Labute approximate surface area is 516 Å². The predicted octanol–water partition coefficient (Wildman–Crippen LogP) is 10.2. The highest BCUT2D eigenvalue weighted by Crippen LogP contribution is 2.36. The number of esters is 4. The van der Waals surface area contributed by atoms with Gasteiger partial charge in [-0.1, -0.05) is 94.9 Å². The molecule has 2 N–H and O–H groups in total. The maximum atomic E-state index is 14.5. The summed E-state index contributed by atoms with van der Waals surface area (Å²) in [6, 6.07) is -1.62. The van der Waals surface area contributed by atoms with Gasteiger partial charge >= 0.3 is 35.8 Å². The molecule has 86 heavy (non-hydrogen) atoms. The first kappa shape index (κ1) is 74.5. The number of amides is 2. The predicted molar refractivity (Wildman–Crippen MR) is 325 cm³/mol. The maximum Gasteiger partial charge on any atom is 0.355 e. The Morgan fingerprint density at radius 1 is 0.581 bits per heavy atom. The molecule has 2 aromatic rings. The first-order valence-corrected chi connectivity index (χ1v) is 32.5. The van der Waals surface area contributed by atoms with E-state index in [1.54, 1.807) is 0 Å². The second-order valence-corrected chi connectivity index (χ2v) is 25.5. The van der Waals surface area contributed by atoms with Gasteiger partial charge in [-0.15, -0.1) is 22.7 Å². The van der Waals surface area contributed by atoms with Gasteiger partial charge in [0.25, 0.3) is 0 Å². The SMILES string of the molecule is CCCC(=O)OCN(C(=O)[C@@H](CC(=O)C1CCCCN1C)[C@@H](C)CC)[C@H](C[C@@H](OC(C)=O)c1nc(C(=O)O)cs1)C(C)C.CCCC(=O)O[C@H](C[C@H](C(C)C)N(COC(C)=O)C(=O)[C@@H](CC(=O)C1CCCCN1C)[C@@H](C)CC)c1nc(C(=O)O)cs1. The van der Waals surface area contributed by atoms with E-state index in [9.17, 15) is 58.2 Å². The van der Waals surface area contributed by atoms with Crippen LogP contribution in [0.4, 0.5) is 0 Å². The van der Waals surface area contributed by atoms with Gasteiger partial charge in [0, 0.05) is 87.1 Å². The van der Waals surface area contributed by atoms with Crippen LogP contribution in [0, 0.1) is 35.5 Å². The van der Waals surface area contributed by atoms with E-state index in [1.807, 2.05) is 83.3 Å². The first-order chi connectivity index (χ1) is 40.6. The van der Waals surface area contributed by atoms with E-state index in [2.05, 4.69) is 19.8 Å². The zero-order valence-electron chi connectivity index (χ0n) is 53.3. The van der Waals surface area contributed by atoms with Gasteiger partial charge in [0.2, 0.25) is 11.8 Å². The van der Waals surface area contributed by atoms with E-state index < -0.39 is 71.9 Å². The van der Waals surface area contributed by atoms with Crippen molar-refractivity contribution in [3.05, 3.63) is 32.2 Å². The van der Waals surface area contributed by atoms with Gasteiger partial charge in [0.15, 0.2) is 48.6 Å². The van der Waals surface area contributed by atoms with Crippen LogP contribution in [-0.2, 0) is 57.3 Å². The number of hydrogen-bond acceptors (Lipinski definition) is 20. The van der Waals surface area contributed by atoms with Crippen LogP contribution in [0.3, 0.4) is 0 Å². The van der Waals surface area contributed by atoms with Crippen molar-refractivity contribution in [3.8, 4) is 0 Å². The number of aromatic nitrogens is 2. The second-order valence-electron chi connectivity index (χ2n) is 23.8. The summed E-state index contributed by atoms with van der Waals surface area (Å²) in [6.45, 7) is 22.8. The van der Waals surface area contributed by atoms with E-state index in [1.165, 1.54) is 34.4 Å². The highest BCUT2D eigenvalue weighted by Gasteiger charge is 2.42. The van der Waals surface area contributed by atoms with Gasteiger partial charge in [0.1, 0.15) is 10.0 Å². The molecular formula is C62H98N6O16S2. The fourth-order valence-corrected chi connectivity index (χ4v) is 12.7. The fourth-order valence-electron chi connectivity index (χ4n) is 11.0. The Morgan fingerprint density at radius 3 is 1.31 bits per heavy atom. The lowest BCUT2D eigenvalue weighted by atomic mass is 9.82. The van der Waals surface area contributed by atoms with Gasteiger partial charge in [-0.25, -0.2) is 19.6 Å². The molecule has 0 radical (unpaired) electrons. The number of piperidine rings is 2. The summed E-state index contributed by atoms with van der Waals surface area (Å²) < 4.78 is 22.4. The maximum absolute atomic E-state index is 14.5. The van der Waals surface area contributed by atoms with Crippen LogP contribution >= 0.6 is 22.7 Å². The topological polar surface area (TPSA) is 287 Å². The summed E-state index contributed by atoms with van der Waals surface area (Å²) in [6.07, 6.45) is 6.93. The number of rotatable bonds is 34. The first-order valence-electron chi connectivity index (χ1n) is 30.7. The molecule has 2 amide bonds. The average Bonchev–Trinajstić information content (AvgIpc) is 2.60. The highest BCUT2D eigenvalue weighted by atomic mass is 32.1. The van der Waals surface area contributed by atoms with Crippen molar-refractivity contribution in [1.82, 2.24) is 29.6 Å². The van der Waals surface area contributed by atoms with E-state index in [4.69, 9.17) is 18.9 Å². The molecule has 2 saturated heterocycles. The second kappa shape index (κ2) is 37.2. The van der Waals surface area contributed by atoms with Crippen LogP contribution in [0.2, 0.25) is 0 Å². The minimum Gasteiger partial charge on any atom is -0.476 e. The Morgan fingerprint density at radius 2 is 0.977 bits per heavy atom. The molecule has 0 aliphatic carbocycles. The Hall–Kier alpha value is -5.72. The molecular weight excluding hydrogens is 1150 g/mol. The van der Waals surface area contributed by atoms with E-state index >= 15 is 0 Å². The van der Waals surface area contributed by atoms with Gasteiger partial charge < -0.3 is 39.0 Å². The molecule has 0 saturated carbocycles. The molecule has 2 aromatic heterocycles. The molecule has 4 rings (SSSR count). The van der Waals surface area contributed by atoms with Crippen molar-refractivity contribution in [2.45, 2.75) is 222 Å². The summed E-state index contributed by atoms with van der Waals surface area (Å²) in [7, 11) is 3.89. The summed E-state index contributed by atoms with van der Waals surface area (Å²) in [5.74, 6) is -6.82. The van der Waals surface area contributed by atoms with Crippen LogP contribution < -0.4 is 0 Å². The van der Waals surface area contributed by atoms with Crippen molar-refractivity contribution in [2.75, 3.05) is 40.6 Å². The molecule has 10 atom stereocenters. The number of carbonyl (C=O) groups excluding carboxylic acids is 8. The number of carbonyl (C=O) groups is 10. The van der Waals surface area contributed by atoms with E-state index in [0.29, 0.717) is 35.7 Å². The monoisotopic (exact) mass is 1250 g/mol. The average molecular weight is 1250 g/mol. The molecule has 0 spiro atoms. The summed E-state index contributed by atoms with van der Waals surface area (Å²) in [5, 5.41) is 22.2. The smallest absolute Gasteiger partial charge is 0.355 e. The molecule has 2 aliphatic rings. The van der Waals surface area contributed by atoms with Crippen LogP contribution in [0.15, 0.2) is 10.8 Å². The van der Waals surface area contributed by atoms with Crippen LogP contribution in [0.5, 0.6) is 0 Å². The number of carboxylic acids is 2. The number of carboxylic acid groups (broad SMARTS) is 2. The van der Waals surface area contributed by atoms with Crippen molar-refractivity contribution >= 4 is 81.9 Å². The fraction of sp³-hybridized carbons (Fsp3) is 0.742. The van der Waals surface area contributed by atoms with E-state index in [-0.39, 0.29) is 123 Å². The lowest BCUT2D eigenvalue weighted by Gasteiger charge is -2.39. The molecule has 0 bridgehead atoms. The minimum absolute atomic E-state index is 0.0322. The lowest BCUT2D eigenvalue weighted by Crippen LogP contribution is -2.50. The number of Topliss-reactive ketones (excluding diaryl/α,β-unsaturated/α-hetero) is 2. The third kappa shape index (κ3) is 23.1. The summed E-state index contributed by atoms with van der Waals surface area (Å²) in [5.41, 5.74) is -0.323. The Balaban J connectivity index is 0.000000450. The summed E-state index contributed by atoms with van der Waals surface area (Å²) >= 11 is 2.13. The van der Waals surface area contributed by atoms with Gasteiger partial charge in [-0.3, -0.25) is 48.2 Å². The van der Waals surface area contributed by atoms with Gasteiger partial charge in [0.05, 0.1) is 12.1 Å². The number of thiazole rings is 2. The third-order valence-corrected chi connectivity index (χ3v) is 18.4. The largest absolute Gasteiger partial charge is 0.476 e. The number of nitrogens with zero attached hydrogens (tertiary/aromatic N) is 6. The van der Waals surface area contributed by atoms with Crippen LogP contribution in [-0.4, -0.2) is 164 Å². The van der Waals surface area contributed by atoms with Crippen LogP contribution in [0.1, 0.15) is 229 Å². The molecule has 484 valence electrons. The number of hydrogen-bond donors (Lipinski definition) is 2. The molecule has 2 aliphatic heterocycles. The summed E-state index contributed by atoms with van der Waals surface area (Å²) in [4.78, 5) is 144. The molecule has 24 heteroatoms. The third-order valence-electron chi connectivity index (χ3n) is 16.5. The van der Waals surface area contributed by atoms with Gasteiger partial charge in [-0.2, -0.15) is 0 Å². The highest BCUT2D eigenvalue weighted by molar-refractivity contribution is 7.10. The van der Waals surface area contributed by atoms with Crippen LogP contribution in [0.25, 0.3) is 0 Å². The van der Waals surface area contributed by atoms with Crippen molar-refractivity contribution in [2.24, 2.45) is 35.5 Å². The van der Waals surface area contributed by atoms with Gasteiger partial charge in [-0.05, 0) is 89.4 Å². The minimum atomic E-state index is -1.20. The number of ether oxygens (including phenoxy) is 4. The Bertz CT molecular complexity index is 2550. The quantitative estimate of drug-likeness (QED) is 0.0374. The zero-order valence-corrected chi connectivity index (χ0v) is 55.0.